The van der Waals surface area contributed by atoms with E-state index in [2.05, 4.69) is 39.1 Å². The average Bonchev–Trinajstić information content (AvgIpc) is 2.11. The van der Waals surface area contributed by atoms with Crippen LogP contribution in [0.3, 0.4) is 0 Å². The SMILES string of the molecule is BC1(C)CCCCC2C=CC=CC2C1. The third kappa shape index (κ3) is 2.32. The standard InChI is InChI=1S/C13H21B/c1-13(14)9-5-4-7-11-6-2-3-8-12(11)10-13/h2-3,6,8,11-12H,4-5,7,9-10,14H2,1H3. The van der Waals surface area contributed by atoms with Crippen molar-refractivity contribution in [3.05, 3.63) is 24.3 Å². The molecular weight excluding hydrogens is 167 g/mol. The second kappa shape index (κ2) is 3.96. The van der Waals surface area contributed by atoms with Gasteiger partial charge in [-0.25, -0.2) is 0 Å². The molecule has 0 saturated heterocycles. The molecule has 3 atom stereocenters. The zero-order valence-electron chi connectivity index (χ0n) is 9.50. The maximum atomic E-state index is 2.43. The summed E-state index contributed by atoms with van der Waals surface area (Å²) in [5.41, 5.74) is 0. The minimum atomic E-state index is 0.554. The Bertz CT molecular complexity index is 250. The predicted molar refractivity (Wildman–Crippen MR) is 65.3 cm³/mol. The summed E-state index contributed by atoms with van der Waals surface area (Å²) in [5, 5.41) is 0.554. The molecule has 0 radical (unpaired) electrons. The lowest BCUT2D eigenvalue weighted by molar-refractivity contribution is 0.311. The summed E-state index contributed by atoms with van der Waals surface area (Å²) in [6.07, 6.45) is 16.4. The van der Waals surface area contributed by atoms with Gasteiger partial charge in [0.1, 0.15) is 7.85 Å². The smallest absolute Gasteiger partial charge is 0.0809 e. The molecule has 3 unspecified atom stereocenters. The van der Waals surface area contributed by atoms with Gasteiger partial charge in [0.15, 0.2) is 0 Å². The highest BCUT2D eigenvalue weighted by atomic mass is 14.3. The minimum absolute atomic E-state index is 0.554. The van der Waals surface area contributed by atoms with Gasteiger partial charge in [0.2, 0.25) is 0 Å². The fourth-order valence-corrected chi connectivity index (χ4v) is 2.95. The van der Waals surface area contributed by atoms with Crippen molar-refractivity contribution >= 4 is 7.85 Å². The first-order chi connectivity index (χ1) is 6.67. The topological polar surface area (TPSA) is 0 Å². The molecule has 0 aromatic rings. The van der Waals surface area contributed by atoms with Crippen LogP contribution >= 0.6 is 0 Å². The van der Waals surface area contributed by atoms with Crippen LogP contribution in [-0.2, 0) is 0 Å². The molecule has 0 amide bonds. The Morgan fingerprint density at radius 2 is 1.86 bits per heavy atom. The molecule has 0 N–H and O–H groups in total. The molecule has 0 nitrogen and oxygen atoms in total. The van der Waals surface area contributed by atoms with Gasteiger partial charge in [-0.2, -0.15) is 0 Å². The lowest BCUT2D eigenvalue weighted by atomic mass is 9.59. The lowest BCUT2D eigenvalue weighted by Gasteiger charge is -2.35. The summed E-state index contributed by atoms with van der Waals surface area (Å²) >= 11 is 0. The summed E-state index contributed by atoms with van der Waals surface area (Å²) in [7, 11) is 2.43. The molecule has 0 aromatic carbocycles. The van der Waals surface area contributed by atoms with Crippen LogP contribution in [0.5, 0.6) is 0 Å². The molecule has 14 heavy (non-hydrogen) atoms. The van der Waals surface area contributed by atoms with Crippen LogP contribution in [0.4, 0.5) is 0 Å². The van der Waals surface area contributed by atoms with Crippen molar-refractivity contribution in [1.82, 2.24) is 0 Å². The Kier molecular flexibility index (Phi) is 2.85. The molecule has 0 heterocycles. The van der Waals surface area contributed by atoms with E-state index in [1.54, 1.807) is 0 Å². The van der Waals surface area contributed by atoms with E-state index in [4.69, 9.17) is 0 Å². The van der Waals surface area contributed by atoms with Crippen LogP contribution < -0.4 is 0 Å². The Hall–Kier alpha value is -0.455. The van der Waals surface area contributed by atoms with Crippen molar-refractivity contribution in [1.29, 1.82) is 0 Å². The highest BCUT2D eigenvalue weighted by Crippen LogP contribution is 2.43. The molecule has 0 bridgehead atoms. The molecule has 2 rings (SSSR count). The number of rotatable bonds is 0. The lowest BCUT2D eigenvalue weighted by Crippen LogP contribution is -2.22. The van der Waals surface area contributed by atoms with Crippen molar-refractivity contribution in [2.45, 2.75) is 44.3 Å². The summed E-state index contributed by atoms with van der Waals surface area (Å²) < 4.78 is 0. The molecule has 2 aliphatic carbocycles. The van der Waals surface area contributed by atoms with Gasteiger partial charge < -0.3 is 0 Å². The van der Waals surface area contributed by atoms with Gasteiger partial charge in [0.25, 0.3) is 0 Å². The number of hydrogen-bond acceptors (Lipinski definition) is 0. The molecule has 1 fully saturated rings. The molecule has 2 aliphatic rings. The van der Waals surface area contributed by atoms with Crippen LogP contribution in [-0.4, -0.2) is 7.85 Å². The second-order valence-corrected chi connectivity index (χ2v) is 5.71. The summed E-state index contributed by atoms with van der Waals surface area (Å²) in [5.74, 6) is 1.65. The summed E-state index contributed by atoms with van der Waals surface area (Å²) in [4.78, 5) is 0. The number of hydrogen-bond donors (Lipinski definition) is 0. The van der Waals surface area contributed by atoms with Gasteiger partial charge in [-0.05, 0) is 24.7 Å². The maximum Gasteiger partial charge on any atom is 0.109 e. The Labute approximate surface area is 88.9 Å². The van der Waals surface area contributed by atoms with Gasteiger partial charge >= 0.3 is 0 Å². The van der Waals surface area contributed by atoms with Gasteiger partial charge in [-0.15, -0.1) is 0 Å². The van der Waals surface area contributed by atoms with Gasteiger partial charge in [-0.3, -0.25) is 0 Å². The molecule has 0 aliphatic heterocycles. The van der Waals surface area contributed by atoms with Gasteiger partial charge in [-0.1, -0.05) is 55.8 Å². The van der Waals surface area contributed by atoms with E-state index < -0.39 is 0 Å². The molecule has 76 valence electrons. The molecule has 0 aromatic heterocycles. The fraction of sp³-hybridized carbons (Fsp3) is 0.692. The maximum absolute atomic E-state index is 2.43. The zero-order valence-corrected chi connectivity index (χ0v) is 9.50. The van der Waals surface area contributed by atoms with Crippen LogP contribution in [0.15, 0.2) is 24.3 Å². The normalized spacial score (nSPS) is 42.6. The van der Waals surface area contributed by atoms with Crippen LogP contribution in [0.2, 0.25) is 5.31 Å². The van der Waals surface area contributed by atoms with Crippen molar-refractivity contribution in [3.63, 3.8) is 0 Å². The molecule has 0 spiro atoms. The average molecular weight is 188 g/mol. The predicted octanol–water partition coefficient (Wildman–Crippen LogP) is 3.12. The van der Waals surface area contributed by atoms with Crippen LogP contribution in [0.1, 0.15) is 39.0 Å². The van der Waals surface area contributed by atoms with Crippen molar-refractivity contribution < 1.29 is 0 Å². The van der Waals surface area contributed by atoms with E-state index in [0.29, 0.717) is 5.31 Å². The summed E-state index contributed by atoms with van der Waals surface area (Å²) in [6, 6.07) is 0. The first-order valence-electron chi connectivity index (χ1n) is 6.02. The van der Waals surface area contributed by atoms with E-state index in [-0.39, 0.29) is 0 Å². The Balaban J connectivity index is 2.10. The van der Waals surface area contributed by atoms with Gasteiger partial charge in [0, 0.05) is 0 Å². The first-order valence-corrected chi connectivity index (χ1v) is 6.02. The third-order valence-corrected chi connectivity index (χ3v) is 3.81. The summed E-state index contributed by atoms with van der Waals surface area (Å²) in [6.45, 7) is 2.43. The molecule has 1 heteroatoms. The minimum Gasteiger partial charge on any atom is -0.0809 e. The van der Waals surface area contributed by atoms with E-state index in [1.807, 2.05) is 0 Å². The van der Waals surface area contributed by atoms with Crippen molar-refractivity contribution in [2.24, 2.45) is 11.8 Å². The van der Waals surface area contributed by atoms with E-state index in [1.165, 1.54) is 32.1 Å². The molecular formula is C13H21B. The highest BCUT2D eigenvalue weighted by molar-refractivity contribution is 6.14. The van der Waals surface area contributed by atoms with Crippen molar-refractivity contribution in [2.75, 3.05) is 0 Å². The van der Waals surface area contributed by atoms with E-state index in [9.17, 15) is 0 Å². The monoisotopic (exact) mass is 188 g/mol. The van der Waals surface area contributed by atoms with Crippen molar-refractivity contribution in [3.8, 4) is 0 Å². The Morgan fingerprint density at radius 3 is 2.64 bits per heavy atom. The zero-order chi connectivity index (χ0) is 10.0. The highest BCUT2D eigenvalue weighted by Gasteiger charge is 2.28. The fourth-order valence-electron chi connectivity index (χ4n) is 2.95. The molecule has 1 saturated carbocycles. The van der Waals surface area contributed by atoms with E-state index >= 15 is 0 Å². The third-order valence-electron chi connectivity index (χ3n) is 3.81. The van der Waals surface area contributed by atoms with E-state index in [0.717, 1.165) is 11.8 Å². The number of fused-ring (bicyclic) bond motifs is 1. The van der Waals surface area contributed by atoms with Crippen LogP contribution in [0.25, 0.3) is 0 Å². The van der Waals surface area contributed by atoms with Gasteiger partial charge in [0.05, 0.1) is 0 Å². The van der Waals surface area contributed by atoms with Crippen LogP contribution in [0, 0.1) is 11.8 Å². The second-order valence-electron chi connectivity index (χ2n) is 5.71. The largest absolute Gasteiger partial charge is 0.109 e. The Morgan fingerprint density at radius 1 is 1.14 bits per heavy atom. The quantitative estimate of drug-likeness (QED) is 0.512. The number of allylic oxidation sites excluding steroid dienone is 4. The first kappa shape index (κ1) is 10.1.